The number of aliphatic hydroxyl groups excluding tert-OH is 1. The molecule has 0 heterocycles. The topological polar surface area (TPSA) is 29.5 Å². The average Bonchev–Trinajstić information content (AvgIpc) is 2.44. The van der Waals surface area contributed by atoms with Crippen molar-refractivity contribution in [2.45, 2.75) is 51.7 Å². The van der Waals surface area contributed by atoms with Gasteiger partial charge >= 0.3 is 0 Å². The number of unbranched alkanes of at least 4 members (excludes halogenated alkanes) is 2. The first-order chi connectivity index (χ1) is 9.33. The van der Waals surface area contributed by atoms with Gasteiger partial charge in [-0.25, -0.2) is 0 Å². The lowest BCUT2D eigenvalue weighted by atomic mass is 10.2. The Morgan fingerprint density at radius 2 is 2.00 bits per heavy atom. The Hall–Kier alpha value is -1.30. The Morgan fingerprint density at radius 3 is 2.74 bits per heavy atom. The minimum atomic E-state index is -0.370. The molecule has 0 aliphatic carbocycles. The second-order valence-corrected chi connectivity index (χ2v) is 4.64. The van der Waals surface area contributed by atoms with Crippen LogP contribution in [0.25, 0.3) is 0 Å². The predicted molar refractivity (Wildman–Crippen MR) is 78.6 cm³/mol. The zero-order chi connectivity index (χ0) is 13.8. The second-order valence-electron chi connectivity index (χ2n) is 4.64. The third-order valence-corrected chi connectivity index (χ3v) is 2.82. The fourth-order valence-electron chi connectivity index (χ4n) is 1.63. The van der Waals surface area contributed by atoms with Crippen molar-refractivity contribution in [2.75, 3.05) is 6.61 Å². The van der Waals surface area contributed by atoms with Crippen LogP contribution in [0.15, 0.2) is 30.3 Å². The van der Waals surface area contributed by atoms with Crippen molar-refractivity contribution in [1.29, 1.82) is 0 Å². The van der Waals surface area contributed by atoms with Gasteiger partial charge in [-0.15, -0.1) is 11.8 Å². The molecule has 0 aliphatic heterocycles. The molecular weight excluding hydrogens is 236 g/mol. The molecule has 2 heteroatoms. The quantitative estimate of drug-likeness (QED) is 0.572. The Balaban J connectivity index is 2.03. The van der Waals surface area contributed by atoms with Crippen molar-refractivity contribution in [3.05, 3.63) is 35.9 Å². The van der Waals surface area contributed by atoms with Crippen LogP contribution in [-0.2, 0) is 11.3 Å². The molecule has 0 fully saturated rings. The monoisotopic (exact) mass is 260 g/mol. The van der Waals surface area contributed by atoms with Gasteiger partial charge in [0.15, 0.2) is 0 Å². The van der Waals surface area contributed by atoms with Gasteiger partial charge in [-0.3, -0.25) is 0 Å². The molecule has 104 valence electrons. The van der Waals surface area contributed by atoms with Crippen molar-refractivity contribution >= 4 is 0 Å². The van der Waals surface area contributed by atoms with Crippen molar-refractivity contribution < 1.29 is 9.84 Å². The summed E-state index contributed by atoms with van der Waals surface area (Å²) in [5, 5.41) is 9.72. The van der Waals surface area contributed by atoms with Gasteiger partial charge in [0, 0.05) is 19.4 Å². The van der Waals surface area contributed by atoms with Crippen LogP contribution in [0.1, 0.15) is 44.6 Å². The molecular formula is C17H24O2. The van der Waals surface area contributed by atoms with Crippen LogP contribution in [0.2, 0.25) is 0 Å². The number of rotatable bonds is 8. The Kier molecular flexibility index (Phi) is 8.80. The molecule has 1 atom stereocenters. The lowest BCUT2D eigenvalue weighted by Gasteiger charge is -2.07. The molecule has 0 saturated carbocycles. The van der Waals surface area contributed by atoms with Gasteiger partial charge in [0.1, 0.15) is 0 Å². The maximum Gasteiger partial charge on any atom is 0.0716 e. The lowest BCUT2D eigenvalue weighted by Crippen LogP contribution is -2.09. The molecule has 0 amide bonds. The van der Waals surface area contributed by atoms with Gasteiger partial charge < -0.3 is 9.84 Å². The lowest BCUT2D eigenvalue weighted by molar-refractivity contribution is 0.0753. The first-order valence-corrected chi connectivity index (χ1v) is 7.08. The van der Waals surface area contributed by atoms with Crippen LogP contribution in [0, 0.1) is 11.8 Å². The Labute approximate surface area is 116 Å². The molecule has 2 nitrogen and oxygen atoms in total. The van der Waals surface area contributed by atoms with Gasteiger partial charge in [0.25, 0.3) is 0 Å². The zero-order valence-electron chi connectivity index (χ0n) is 11.8. The minimum absolute atomic E-state index is 0.370. The standard InChI is InChI=1S/C17H24O2/c1-2-3-4-5-9-12-17(18)13-14-19-15-16-10-7-6-8-11-16/h6-8,10-11,17-18H,2-4,12-15H2,1H3/t17-/m1/s1. The van der Waals surface area contributed by atoms with E-state index < -0.39 is 0 Å². The molecule has 0 unspecified atom stereocenters. The third-order valence-electron chi connectivity index (χ3n) is 2.82. The van der Waals surface area contributed by atoms with Crippen molar-refractivity contribution in [3.8, 4) is 11.8 Å². The number of hydrogen-bond acceptors (Lipinski definition) is 2. The van der Waals surface area contributed by atoms with E-state index >= 15 is 0 Å². The predicted octanol–water partition coefficient (Wildman–Crippen LogP) is 3.54. The van der Waals surface area contributed by atoms with Crippen LogP contribution >= 0.6 is 0 Å². The van der Waals surface area contributed by atoms with Crippen LogP contribution in [0.5, 0.6) is 0 Å². The first-order valence-electron chi connectivity index (χ1n) is 7.08. The maximum absolute atomic E-state index is 9.72. The smallest absolute Gasteiger partial charge is 0.0716 e. The average molecular weight is 260 g/mol. The van der Waals surface area contributed by atoms with Crippen molar-refractivity contribution in [1.82, 2.24) is 0 Å². The molecule has 19 heavy (non-hydrogen) atoms. The van der Waals surface area contributed by atoms with Gasteiger partial charge in [-0.05, 0) is 18.4 Å². The third kappa shape index (κ3) is 8.42. The van der Waals surface area contributed by atoms with Crippen molar-refractivity contribution in [3.63, 3.8) is 0 Å². The summed E-state index contributed by atoms with van der Waals surface area (Å²) in [6, 6.07) is 10.1. The fourth-order valence-corrected chi connectivity index (χ4v) is 1.63. The van der Waals surface area contributed by atoms with E-state index in [-0.39, 0.29) is 6.10 Å². The first kappa shape index (κ1) is 15.8. The molecule has 0 saturated heterocycles. The van der Waals surface area contributed by atoms with Gasteiger partial charge in [0.05, 0.1) is 12.7 Å². The van der Waals surface area contributed by atoms with E-state index in [9.17, 15) is 5.11 Å². The van der Waals surface area contributed by atoms with E-state index in [1.54, 1.807) is 0 Å². The fraction of sp³-hybridized carbons (Fsp3) is 0.529. The summed E-state index contributed by atoms with van der Waals surface area (Å²) in [5.41, 5.74) is 1.16. The van der Waals surface area contributed by atoms with Crippen molar-refractivity contribution in [2.24, 2.45) is 0 Å². The van der Waals surface area contributed by atoms with E-state index in [0.29, 0.717) is 26.1 Å². The van der Waals surface area contributed by atoms with E-state index in [1.165, 1.54) is 6.42 Å². The molecule has 0 bridgehead atoms. The Morgan fingerprint density at radius 1 is 1.21 bits per heavy atom. The van der Waals surface area contributed by atoms with E-state index in [1.807, 2.05) is 30.3 Å². The highest BCUT2D eigenvalue weighted by Gasteiger charge is 2.01. The molecule has 0 aliphatic rings. The number of benzene rings is 1. The molecule has 1 rings (SSSR count). The number of hydrogen-bond donors (Lipinski definition) is 1. The van der Waals surface area contributed by atoms with Gasteiger partial charge in [0.2, 0.25) is 0 Å². The highest BCUT2D eigenvalue weighted by atomic mass is 16.5. The van der Waals surface area contributed by atoms with Crippen LogP contribution in [-0.4, -0.2) is 17.8 Å². The largest absolute Gasteiger partial charge is 0.392 e. The van der Waals surface area contributed by atoms with E-state index in [4.69, 9.17) is 4.74 Å². The highest BCUT2D eigenvalue weighted by molar-refractivity contribution is 5.13. The summed E-state index contributed by atoms with van der Waals surface area (Å²) < 4.78 is 5.53. The highest BCUT2D eigenvalue weighted by Crippen LogP contribution is 2.03. The molecule has 1 N–H and O–H groups in total. The van der Waals surface area contributed by atoms with Crippen LogP contribution in [0.3, 0.4) is 0 Å². The Bertz CT molecular complexity index is 375. The summed E-state index contributed by atoms with van der Waals surface area (Å²) in [6.45, 7) is 3.34. The van der Waals surface area contributed by atoms with E-state index in [2.05, 4.69) is 18.8 Å². The molecule has 0 spiro atoms. The summed E-state index contributed by atoms with van der Waals surface area (Å²) in [6.07, 6.45) is 4.08. The molecule has 1 aromatic rings. The summed E-state index contributed by atoms with van der Waals surface area (Å²) in [7, 11) is 0. The normalized spacial score (nSPS) is 11.7. The molecule has 0 aromatic heterocycles. The molecule has 1 aromatic carbocycles. The minimum Gasteiger partial charge on any atom is -0.392 e. The second kappa shape index (κ2) is 10.6. The van der Waals surface area contributed by atoms with Gasteiger partial charge in [-0.2, -0.15) is 0 Å². The van der Waals surface area contributed by atoms with Crippen LogP contribution < -0.4 is 0 Å². The summed E-state index contributed by atoms with van der Waals surface area (Å²) in [4.78, 5) is 0. The summed E-state index contributed by atoms with van der Waals surface area (Å²) in [5.74, 6) is 6.11. The summed E-state index contributed by atoms with van der Waals surface area (Å²) >= 11 is 0. The molecule has 0 radical (unpaired) electrons. The zero-order valence-corrected chi connectivity index (χ0v) is 11.8. The SMILES string of the molecule is CCCCC#CC[C@@H](O)CCOCc1ccccc1. The number of ether oxygens (including phenoxy) is 1. The van der Waals surface area contributed by atoms with Crippen LogP contribution in [0.4, 0.5) is 0 Å². The van der Waals surface area contributed by atoms with Gasteiger partial charge in [-0.1, -0.05) is 43.7 Å². The number of aliphatic hydroxyl groups is 1. The maximum atomic E-state index is 9.72. The van der Waals surface area contributed by atoms with E-state index in [0.717, 1.165) is 18.4 Å².